The van der Waals surface area contributed by atoms with E-state index in [0.29, 0.717) is 22.6 Å². The molecule has 3 atom stereocenters. The van der Waals surface area contributed by atoms with E-state index < -0.39 is 77.8 Å². The number of nitrogens with one attached hydrogen (secondary N) is 2. The Morgan fingerprint density at radius 3 is 2.48 bits per heavy atom. The van der Waals surface area contributed by atoms with Crippen LogP contribution in [0.5, 0.6) is 11.5 Å². The number of hydrogen-bond donors (Lipinski definition) is 6. The minimum absolute atomic E-state index is 0.0439. The molecule has 0 saturated carbocycles. The van der Waals surface area contributed by atoms with Crippen LogP contribution >= 0.6 is 0 Å². The minimum atomic E-state index is -2.17. The first-order valence-electron chi connectivity index (χ1n) is 12.6. The highest BCUT2D eigenvalue weighted by Gasteiger charge is 2.44. The molecule has 0 spiro atoms. The van der Waals surface area contributed by atoms with Crippen LogP contribution in [-0.4, -0.2) is 93.5 Å². The number of amides is 5. The number of urea groups is 1. The Hall–Kier alpha value is -4.77. The summed E-state index contributed by atoms with van der Waals surface area (Å²) in [6, 6.07) is 0.738. The summed E-state index contributed by atoms with van der Waals surface area (Å²) in [6.07, 6.45) is -0.169. The lowest BCUT2D eigenvalue weighted by Crippen LogP contribution is -2.63. The van der Waals surface area contributed by atoms with Crippen molar-refractivity contribution in [2.24, 2.45) is 5.73 Å². The Kier molecular flexibility index (Phi) is 8.63. The van der Waals surface area contributed by atoms with Crippen molar-refractivity contribution in [3.8, 4) is 11.5 Å². The average molecular weight is 589 g/mol. The van der Waals surface area contributed by atoms with Crippen LogP contribution in [0.25, 0.3) is 0 Å². The second-order valence-corrected chi connectivity index (χ2v) is 9.70. The molecule has 2 aromatic carbocycles. The van der Waals surface area contributed by atoms with Gasteiger partial charge in [0.2, 0.25) is 5.91 Å². The van der Waals surface area contributed by atoms with Gasteiger partial charge in [-0.2, -0.15) is 0 Å². The summed E-state index contributed by atoms with van der Waals surface area (Å²) in [5.41, 5.74) is 4.50. The molecule has 1 saturated heterocycles. The van der Waals surface area contributed by atoms with E-state index in [1.807, 2.05) is 0 Å². The second kappa shape index (κ2) is 12.0. The number of imide groups is 1. The molecule has 0 aliphatic carbocycles. The number of halogens is 2. The van der Waals surface area contributed by atoms with Gasteiger partial charge in [0.15, 0.2) is 0 Å². The molecule has 2 aromatic rings. The number of benzene rings is 2. The first kappa shape index (κ1) is 30.2. The molecular weight excluding hydrogens is 563 g/mol. The van der Waals surface area contributed by atoms with Gasteiger partial charge in [-0.3, -0.25) is 19.3 Å². The van der Waals surface area contributed by atoms with Crippen molar-refractivity contribution in [2.45, 2.75) is 31.4 Å². The fraction of sp³-hybridized carbons (Fsp3) is 0.320. The van der Waals surface area contributed by atoms with Gasteiger partial charge in [0, 0.05) is 31.8 Å². The summed E-state index contributed by atoms with van der Waals surface area (Å²) in [7, 11) is -1.80. The van der Waals surface area contributed by atoms with Crippen LogP contribution in [-0.2, 0) is 20.8 Å². The Labute approximate surface area is 237 Å². The fourth-order valence-corrected chi connectivity index (χ4v) is 4.85. The van der Waals surface area contributed by atoms with E-state index in [9.17, 15) is 48.0 Å². The maximum atomic E-state index is 14.9. The van der Waals surface area contributed by atoms with Crippen LogP contribution in [0.1, 0.15) is 34.5 Å². The normalized spacial score (nSPS) is 19.1. The molecule has 14 nitrogen and oxygen atoms in total. The van der Waals surface area contributed by atoms with E-state index in [2.05, 4.69) is 10.6 Å². The number of piperazine rings is 1. The highest BCUT2D eigenvalue weighted by molar-refractivity contribution is 6.47. The Morgan fingerprint density at radius 1 is 1.19 bits per heavy atom. The number of nitrogens with zero attached hydrogens (tertiary/aromatic N) is 2. The van der Waals surface area contributed by atoms with Crippen molar-refractivity contribution in [3.63, 3.8) is 0 Å². The van der Waals surface area contributed by atoms with Crippen molar-refractivity contribution < 1.29 is 52.6 Å². The molecular formula is C25H26BF2N5O9. The highest BCUT2D eigenvalue weighted by atomic mass is 19.1. The lowest BCUT2D eigenvalue weighted by molar-refractivity contribution is -0.155. The van der Waals surface area contributed by atoms with Crippen molar-refractivity contribution in [3.05, 3.63) is 58.7 Å². The molecule has 17 heteroatoms. The first-order chi connectivity index (χ1) is 19.8. The SMILES string of the molecule is CC1CN(CCN)C(=O)C(=O)N1C(=O)NC(C(=O)N[C@H]1Cc2cccc(C(=O)O)c2OB1O)c1c(F)cc(O)cc1F. The molecule has 2 unspecified atom stereocenters. The van der Waals surface area contributed by atoms with Crippen LogP contribution < -0.4 is 21.0 Å². The molecule has 4 rings (SSSR count). The van der Waals surface area contributed by atoms with Gasteiger partial charge < -0.3 is 41.2 Å². The topological polar surface area (TPSA) is 212 Å². The fourth-order valence-electron chi connectivity index (χ4n) is 4.85. The van der Waals surface area contributed by atoms with Gasteiger partial charge in [-0.1, -0.05) is 12.1 Å². The summed E-state index contributed by atoms with van der Waals surface area (Å²) in [4.78, 5) is 65.0. The molecule has 222 valence electrons. The molecule has 2 aliphatic rings. The molecule has 42 heavy (non-hydrogen) atoms. The number of nitrogens with two attached hydrogens (primary N) is 1. The number of aromatic carboxylic acids is 1. The maximum absolute atomic E-state index is 14.9. The summed E-state index contributed by atoms with van der Waals surface area (Å²) in [5.74, 6) is -9.95. The average Bonchev–Trinajstić information content (AvgIpc) is 2.90. The summed E-state index contributed by atoms with van der Waals surface area (Å²) in [5, 5.41) is 33.9. The molecule has 7 N–H and O–H groups in total. The van der Waals surface area contributed by atoms with E-state index in [4.69, 9.17) is 10.4 Å². The highest BCUT2D eigenvalue weighted by Crippen LogP contribution is 2.31. The third-order valence-corrected chi connectivity index (χ3v) is 6.79. The van der Waals surface area contributed by atoms with Crippen LogP contribution in [0.3, 0.4) is 0 Å². The van der Waals surface area contributed by atoms with Gasteiger partial charge in [-0.25, -0.2) is 18.4 Å². The Balaban J connectivity index is 1.63. The second-order valence-electron chi connectivity index (χ2n) is 9.70. The summed E-state index contributed by atoms with van der Waals surface area (Å²) < 4.78 is 35.2. The summed E-state index contributed by atoms with van der Waals surface area (Å²) >= 11 is 0. The number of carbonyl (C=O) groups excluding carboxylic acids is 4. The van der Waals surface area contributed by atoms with Crippen molar-refractivity contribution in [1.29, 1.82) is 0 Å². The number of para-hydroxylation sites is 1. The zero-order chi connectivity index (χ0) is 30.9. The molecule has 1 fully saturated rings. The number of carboxylic acid groups (broad SMARTS) is 1. The lowest BCUT2D eigenvalue weighted by atomic mass is 9.72. The van der Waals surface area contributed by atoms with Crippen LogP contribution in [0.15, 0.2) is 30.3 Å². The van der Waals surface area contributed by atoms with Crippen LogP contribution in [0, 0.1) is 11.6 Å². The number of carbonyl (C=O) groups is 5. The number of fused-ring (bicyclic) bond motifs is 1. The van der Waals surface area contributed by atoms with E-state index in [1.54, 1.807) is 0 Å². The Morgan fingerprint density at radius 2 is 1.86 bits per heavy atom. The van der Waals surface area contributed by atoms with E-state index in [-0.39, 0.29) is 37.4 Å². The van der Waals surface area contributed by atoms with E-state index in [0.717, 1.165) is 4.90 Å². The number of phenols is 1. The van der Waals surface area contributed by atoms with Crippen molar-refractivity contribution >= 4 is 36.8 Å². The largest absolute Gasteiger partial charge is 0.547 e. The van der Waals surface area contributed by atoms with Gasteiger partial charge in [-0.15, -0.1) is 0 Å². The third-order valence-electron chi connectivity index (χ3n) is 6.79. The number of carboxylic acids is 1. The third kappa shape index (κ3) is 5.82. The standard InChI is InChI=1S/C25H26BF2N5O9/c1-11-10-32(6-5-29)22(36)23(37)33(11)25(40)31-19(18-15(27)8-13(34)9-16(18)28)21(35)30-17-7-12-3-2-4-14(24(38)39)20(12)42-26(17)41/h2-4,8-9,11,17,19,34,41H,5-7,10,29H2,1H3,(H,30,35)(H,31,40)(H,38,39)/t11?,17-,19?/m0/s1. The number of aromatic hydroxyl groups is 1. The number of phenolic OH excluding ortho intramolecular Hbond substituents is 1. The van der Waals surface area contributed by atoms with Gasteiger partial charge >= 0.3 is 30.9 Å². The van der Waals surface area contributed by atoms with Gasteiger partial charge in [-0.05, 0) is 25.0 Å². The number of hydrogen-bond acceptors (Lipinski definition) is 9. The molecule has 0 aromatic heterocycles. The summed E-state index contributed by atoms with van der Waals surface area (Å²) in [6.45, 7) is 1.45. The zero-order valence-corrected chi connectivity index (χ0v) is 22.0. The smallest absolute Gasteiger partial charge is 0.534 e. The number of rotatable bonds is 7. The van der Waals surface area contributed by atoms with Crippen molar-refractivity contribution in [1.82, 2.24) is 20.4 Å². The lowest BCUT2D eigenvalue weighted by Gasteiger charge is -2.38. The molecule has 2 heterocycles. The Bertz CT molecular complexity index is 1440. The molecule has 2 aliphatic heterocycles. The maximum Gasteiger partial charge on any atom is 0.547 e. The van der Waals surface area contributed by atoms with Crippen LogP contribution in [0.4, 0.5) is 13.6 Å². The zero-order valence-electron chi connectivity index (χ0n) is 22.0. The monoisotopic (exact) mass is 589 g/mol. The van der Waals surface area contributed by atoms with Crippen LogP contribution in [0.2, 0.25) is 0 Å². The predicted molar refractivity (Wildman–Crippen MR) is 139 cm³/mol. The molecule has 5 amide bonds. The molecule has 0 radical (unpaired) electrons. The van der Waals surface area contributed by atoms with E-state index >= 15 is 0 Å². The molecule has 0 bridgehead atoms. The van der Waals surface area contributed by atoms with Crippen molar-refractivity contribution in [2.75, 3.05) is 19.6 Å². The van der Waals surface area contributed by atoms with Gasteiger partial charge in [0.25, 0.3) is 0 Å². The first-order valence-corrected chi connectivity index (χ1v) is 12.6. The predicted octanol–water partition coefficient (Wildman–Crippen LogP) is -0.723. The van der Waals surface area contributed by atoms with Gasteiger partial charge in [0.1, 0.15) is 29.2 Å². The van der Waals surface area contributed by atoms with Gasteiger partial charge in [0.05, 0.1) is 23.1 Å². The minimum Gasteiger partial charge on any atom is -0.534 e. The van der Waals surface area contributed by atoms with E-state index in [1.165, 1.54) is 25.1 Å². The quantitative estimate of drug-likeness (QED) is 0.176.